The fourth-order valence-electron chi connectivity index (χ4n) is 3.10. The number of nitrogens with one attached hydrogen (secondary N) is 1. The number of H-pyrrole nitrogens is 1. The summed E-state index contributed by atoms with van der Waals surface area (Å²) in [5, 5.41) is 7.67. The molecule has 0 amide bonds. The quantitative estimate of drug-likeness (QED) is 0.294. The summed E-state index contributed by atoms with van der Waals surface area (Å²) in [5.41, 5.74) is 3.42. The topological polar surface area (TPSA) is 64.2 Å². The van der Waals surface area contributed by atoms with Crippen LogP contribution in [0.25, 0.3) is 5.57 Å². The molecular formula is C24H26ClN2NaO3. The van der Waals surface area contributed by atoms with Gasteiger partial charge < -0.3 is 10.9 Å². The largest absolute Gasteiger partial charge is 1.00 e. The number of rotatable bonds is 10. The number of halogens is 1. The SMILES string of the molecule is COc1ccc(OC(=O)CCC/C(=C/CCc2ccn[nH]2)c2ccc(Cl)cc2)cc1.[H-].[Na+]. The van der Waals surface area contributed by atoms with Crippen molar-refractivity contribution >= 4 is 23.1 Å². The molecule has 1 aromatic heterocycles. The molecule has 3 aromatic rings. The second-order valence-electron chi connectivity index (χ2n) is 6.86. The average molecular weight is 449 g/mol. The Morgan fingerprint density at radius 1 is 1.06 bits per heavy atom. The molecule has 5 nitrogen and oxygen atoms in total. The number of aryl methyl sites for hydroxylation is 1. The third-order valence-electron chi connectivity index (χ3n) is 4.70. The van der Waals surface area contributed by atoms with Crippen LogP contribution in [0.3, 0.4) is 0 Å². The molecule has 3 rings (SSSR count). The first-order valence-electron chi connectivity index (χ1n) is 9.92. The monoisotopic (exact) mass is 448 g/mol. The maximum atomic E-state index is 12.2. The fourth-order valence-corrected chi connectivity index (χ4v) is 3.23. The van der Waals surface area contributed by atoms with E-state index in [1.54, 1.807) is 37.6 Å². The van der Waals surface area contributed by atoms with Crippen LogP contribution in [0.4, 0.5) is 0 Å². The summed E-state index contributed by atoms with van der Waals surface area (Å²) in [7, 11) is 1.60. The van der Waals surface area contributed by atoms with Gasteiger partial charge in [-0.1, -0.05) is 29.8 Å². The summed E-state index contributed by atoms with van der Waals surface area (Å²) in [6, 6.07) is 16.8. The number of benzene rings is 2. The molecule has 1 N–H and O–H groups in total. The van der Waals surface area contributed by atoms with Crippen molar-refractivity contribution in [2.24, 2.45) is 0 Å². The molecule has 0 aliphatic carbocycles. The molecule has 0 unspecified atom stereocenters. The van der Waals surface area contributed by atoms with Gasteiger partial charge in [0.1, 0.15) is 11.5 Å². The molecule has 2 aromatic carbocycles. The summed E-state index contributed by atoms with van der Waals surface area (Å²) in [6.07, 6.45) is 7.58. The van der Waals surface area contributed by atoms with Crippen LogP contribution in [0.2, 0.25) is 5.02 Å². The zero-order valence-corrected chi connectivity index (χ0v) is 20.7. The van der Waals surface area contributed by atoms with E-state index in [2.05, 4.69) is 16.3 Å². The third kappa shape index (κ3) is 8.54. The summed E-state index contributed by atoms with van der Waals surface area (Å²) in [4.78, 5) is 12.2. The van der Waals surface area contributed by atoms with E-state index >= 15 is 0 Å². The van der Waals surface area contributed by atoms with Gasteiger partial charge in [0, 0.05) is 23.3 Å². The van der Waals surface area contributed by atoms with Gasteiger partial charge in [-0.2, -0.15) is 5.10 Å². The summed E-state index contributed by atoms with van der Waals surface area (Å²) < 4.78 is 10.5. The van der Waals surface area contributed by atoms with Gasteiger partial charge in [0.15, 0.2) is 0 Å². The van der Waals surface area contributed by atoms with Crippen molar-refractivity contribution in [3.05, 3.63) is 83.2 Å². The Balaban J connectivity index is 0.00000256. The van der Waals surface area contributed by atoms with E-state index in [-0.39, 0.29) is 37.0 Å². The number of allylic oxidation sites excluding steroid dienone is 2. The van der Waals surface area contributed by atoms with E-state index in [1.165, 1.54) is 5.57 Å². The molecule has 0 bridgehead atoms. The summed E-state index contributed by atoms with van der Waals surface area (Å²) in [6.45, 7) is 0. The Kier molecular flexibility index (Phi) is 10.9. The predicted octanol–water partition coefficient (Wildman–Crippen LogP) is 2.98. The Morgan fingerprint density at radius 2 is 1.77 bits per heavy atom. The molecule has 158 valence electrons. The molecule has 0 fully saturated rings. The van der Waals surface area contributed by atoms with Gasteiger partial charge in [-0.3, -0.25) is 9.89 Å². The Bertz CT molecular complexity index is 962. The van der Waals surface area contributed by atoms with Gasteiger partial charge in [0.25, 0.3) is 0 Å². The predicted molar refractivity (Wildman–Crippen MR) is 120 cm³/mol. The van der Waals surface area contributed by atoms with Crippen LogP contribution in [0.15, 0.2) is 66.9 Å². The Labute approximate surface area is 211 Å². The van der Waals surface area contributed by atoms with Gasteiger partial charge in [-0.05, 0) is 79.3 Å². The van der Waals surface area contributed by atoms with Gasteiger partial charge in [0.05, 0.1) is 7.11 Å². The van der Waals surface area contributed by atoms with Crippen molar-refractivity contribution in [2.75, 3.05) is 7.11 Å². The van der Waals surface area contributed by atoms with E-state index in [0.29, 0.717) is 23.6 Å². The molecular weight excluding hydrogens is 423 g/mol. The number of hydrogen-bond acceptors (Lipinski definition) is 4. The number of aromatic nitrogens is 2. The standard InChI is InChI=1S/C24H25ClN2O3.Na.H/c1-29-22-12-14-23(15-13-22)30-24(28)7-3-5-18(19-8-10-20(25)11-9-19)4-2-6-21-16-17-26-27-21;;/h4,8-17H,2-3,5-7H2,1H3,(H,26,27);;/q;+1;-1/b18-4-;;. The van der Waals surface area contributed by atoms with Crippen molar-refractivity contribution in [2.45, 2.75) is 32.1 Å². The van der Waals surface area contributed by atoms with Gasteiger partial charge in [-0.15, -0.1) is 0 Å². The molecule has 0 atom stereocenters. The first-order chi connectivity index (χ1) is 14.6. The Hall–Kier alpha value is -2.05. The van der Waals surface area contributed by atoms with E-state index in [0.717, 1.165) is 36.3 Å². The first-order valence-corrected chi connectivity index (χ1v) is 10.3. The van der Waals surface area contributed by atoms with Crippen molar-refractivity contribution in [1.29, 1.82) is 0 Å². The molecule has 1 heterocycles. The molecule has 0 aliphatic rings. The molecule has 0 saturated carbocycles. The third-order valence-corrected chi connectivity index (χ3v) is 4.95. The summed E-state index contributed by atoms with van der Waals surface area (Å²) in [5.74, 6) is 1.00. The average Bonchev–Trinajstić information content (AvgIpc) is 3.27. The number of hydrogen-bond donors (Lipinski definition) is 1. The molecule has 0 saturated heterocycles. The smallest absolute Gasteiger partial charge is 1.00 e. The molecule has 0 spiro atoms. The fraction of sp³-hybridized carbons (Fsp3) is 0.250. The van der Waals surface area contributed by atoms with E-state index in [1.807, 2.05) is 30.3 Å². The maximum Gasteiger partial charge on any atom is 1.00 e. The normalized spacial score (nSPS) is 11.0. The number of esters is 1. The zero-order valence-electron chi connectivity index (χ0n) is 18.9. The zero-order chi connectivity index (χ0) is 21.2. The minimum atomic E-state index is -0.243. The summed E-state index contributed by atoms with van der Waals surface area (Å²) >= 11 is 6.03. The molecule has 0 radical (unpaired) electrons. The minimum absolute atomic E-state index is 0. The minimum Gasteiger partial charge on any atom is -1.00 e. The number of aromatic amines is 1. The van der Waals surface area contributed by atoms with Crippen LogP contribution >= 0.6 is 11.6 Å². The van der Waals surface area contributed by atoms with Crippen LogP contribution in [-0.2, 0) is 11.2 Å². The second kappa shape index (κ2) is 13.4. The van der Waals surface area contributed by atoms with Gasteiger partial charge >= 0.3 is 35.5 Å². The van der Waals surface area contributed by atoms with Crippen LogP contribution in [0.5, 0.6) is 11.5 Å². The van der Waals surface area contributed by atoms with Gasteiger partial charge in [0.2, 0.25) is 0 Å². The number of carbonyl (C=O) groups is 1. The van der Waals surface area contributed by atoms with Crippen molar-refractivity contribution in [1.82, 2.24) is 10.2 Å². The Morgan fingerprint density at radius 3 is 2.42 bits per heavy atom. The van der Waals surface area contributed by atoms with Crippen LogP contribution in [-0.4, -0.2) is 23.3 Å². The van der Waals surface area contributed by atoms with E-state index in [9.17, 15) is 4.79 Å². The van der Waals surface area contributed by atoms with E-state index in [4.69, 9.17) is 21.1 Å². The van der Waals surface area contributed by atoms with Gasteiger partial charge in [-0.25, -0.2) is 0 Å². The maximum absolute atomic E-state index is 12.2. The van der Waals surface area contributed by atoms with Crippen molar-refractivity contribution in [3.63, 3.8) is 0 Å². The van der Waals surface area contributed by atoms with Crippen molar-refractivity contribution < 1.29 is 45.3 Å². The first kappa shape index (κ1) is 25.2. The number of ether oxygens (including phenoxy) is 2. The molecule has 0 aliphatic heterocycles. The molecule has 31 heavy (non-hydrogen) atoms. The van der Waals surface area contributed by atoms with Crippen molar-refractivity contribution in [3.8, 4) is 11.5 Å². The van der Waals surface area contributed by atoms with Crippen LogP contribution in [0, 0.1) is 0 Å². The number of carbonyl (C=O) groups excluding carboxylic acids is 1. The van der Waals surface area contributed by atoms with Crippen LogP contribution < -0.4 is 39.0 Å². The van der Waals surface area contributed by atoms with Crippen LogP contribution in [0.1, 0.15) is 38.4 Å². The number of nitrogens with zero attached hydrogens (tertiary/aromatic N) is 1. The number of methoxy groups -OCH3 is 1. The van der Waals surface area contributed by atoms with E-state index < -0.39 is 0 Å². The second-order valence-corrected chi connectivity index (χ2v) is 7.30. The molecule has 7 heteroatoms.